The second-order valence-electron chi connectivity index (χ2n) is 7.99. The molecule has 33 heavy (non-hydrogen) atoms. The van der Waals surface area contributed by atoms with E-state index in [4.69, 9.17) is 9.47 Å². The van der Waals surface area contributed by atoms with Crippen LogP contribution in [0.1, 0.15) is 35.3 Å². The molecule has 2 aromatic rings. The van der Waals surface area contributed by atoms with Crippen molar-refractivity contribution >= 4 is 23.3 Å². The molecular formula is C25H24N4O4. The van der Waals surface area contributed by atoms with Gasteiger partial charge in [0.2, 0.25) is 0 Å². The van der Waals surface area contributed by atoms with Crippen molar-refractivity contribution < 1.29 is 19.1 Å². The Balaban J connectivity index is 1.67. The molecule has 0 bridgehead atoms. The number of nitrogens with one attached hydrogen (secondary N) is 1. The van der Waals surface area contributed by atoms with Gasteiger partial charge in [-0.2, -0.15) is 5.26 Å². The number of amides is 2. The minimum absolute atomic E-state index is 0.0579. The first-order chi connectivity index (χ1) is 15.9. The molecular weight excluding hydrogens is 420 g/mol. The van der Waals surface area contributed by atoms with Crippen LogP contribution < -0.4 is 10.1 Å². The van der Waals surface area contributed by atoms with Crippen LogP contribution in [0.2, 0.25) is 0 Å². The van der Waals surface area contributed by atoms with Gasteiger partial charge in [0.05, 0.1) is 25.0 Å². The second kappa shape index (κ2) is 9.27. The van der Waals surface area contributed by atoms with E-state index in [-0.39, 0.29) is 29.4 Å². The molecule has 0 saturated carbocycles. The third kappa shape index (κ3) is 4.49. The summed E-state index contributed by atoms with van der Waals surface area (Å²) in [6, 6.07) is 15.9. The highest BCUT2D eigenvalue weighted by molar-refractivity contribution is 6.20. The fourth-order valence-corrected chi connectivity index (χ4v) is 4.04. The standard InChI is InChI=1S/C25H24N4O4/c1-15-13-29(14-16(2)33-15)25(31)21(12-26)22-19-6-4-5-7-20(19)23(27-22)28-24(30)17-8-10-18(32-3)11-9-17/h4-11,15-16H,13-14H2,1-3H3,(H,27,28,30)/b22-21-/t15-,16-/m0/s1. The van der Waals surface area contributed by atoms with Crippen LogP contribution in [0.4, 0.5) is 0 Å². The molecule has 2 aliphatic rings. The summed E-state index contributed by atoms with van der Waals surface area (Å²) in [6.07, 6.45) is -0.247. The number of methoxy groups -OCH3 is 1. The van der Waals surface area contributed by atoms with Crippen LogP contribution in [0.25, 0.3) is 5.70 Å². The first kappa shape index (κ1) is 22.2. The average molecular weight is 444 g/mol. The van der Waals surface area contributed by atoms with E-state index < -0.39 is 5.91 Å². The number of morpholine rings is 1. The molecule has 0 unspecified atom stereocenters. The van der Waals surface area contributed by atoms with Crippen molar-refractivity contribution in [1.29, 1.82) is 5.26 Å². The molecule has 8 heteroatoms. The number of amidine groups is 1. The molecule has 2 aromatic carbocycles. The highest BCUT2D eigenvalue weighted by Gasteiger charge is 2.32. The lowest BCUT2D eigenvalue weighted by Gasteiger charge is -2.35. The van der Waals surface area contributed by atoms with E-state index in [9.17, 15) is 14.9 Å². The third-order valence-corrected chi connectivity index (χ3v) is 5.51. The molecule has 1 fully saturated rings. The molecule has 168 valence electrons. The fourth-order valence-electron chi connectivity index (χ4n) is 4.04. The molecule has 0 aromatic heterocycles. The highest BCUT2D eigenvalue weighted by Crippen LogP contribution is 2.31. The topological polar surface area (TPSA) is 104 Å². The number of carbonyl (C=O) groups excluding carboxylic acids is 2. The fraction of sp³-hybridized carbons (Fsp3) is 0.280. The molecule has 2 amide bonds. The van der Waals surface area contributed by atoms with Gasteiger partial charge in [-0.1, -0.05) is 24.3 Å². The van der Waals surface area contributed by atoms with E-state index >= 15 is 0 Å². The minimum Gasteiger partial charge on any atom is -0.497 e. The summed E-state index contributed by atoms with van der Waals surface area (Å²) in [5, 5.41) is 12.7. The molecule has 0 radical (unpaired) electrons. The maximum absolute atomic E-state index is 13.2. The van der Waals surface area contributed by atoms with Crippen molar-refractivity contribution in [3.05, 3.63) is 70.8 Å². The van der Waals surface area contributed by atoms with Crippen LogP contribution in [-0.4, -0.2) is 55.0 Å². The summed E-state index contributed by atoms with van der Waals surface area (Å²) in [7, 11) is 1.55. The maximum atomic E-state index is 13.2. The number of aliphatic imine (C=N–C) groups is 1. The van der Waals surface area contributed by atoms with Gasteiger partial charge in [0, 0.05) is 29.8 Å². The Kier molecular flexibility index (Phi) is 6.24. The van der Waals surface area contributed by atoms with E-state index in [1.165, 1.54) is 0 Å². The summed E-state index contributed by atoms with van der Waals surface area (Å²) in [5.41, 5.74) is 1.91. The second-order valence-corrected chi connectivity index (χ2v) is 7.99. The number of rotatable bonds is 3. The average Bonchev–Trinajstić information content (AvgIpc) is 3.17. The molecule has 4 rings (SSSR count). The van der Waals surface area contributed by atoms with Gasteiger partial charge in [0.15, 0.2) is 0 Å². The van der Waals surface area contributed by atoms with E-state index in [1.807, 2.05) is 26.0 Å². The Bertz CT molecular complexity index is 1180. The summed E-state index contributed by atoms with van der Waals surface area (Å²) in [5.74, 6) is 0.193. The predicted molar refractivity (Wildman–Crippen MR) is 123 cm³/mol. The zero-order valence-corrected chi connectivity index (χ0v) is 18.7. The van der Waals surface area contributed by atoms with Crippen LogP contribution in [0.5, 0.6) is 5.75 Å². The molecule has 8 nitrogen and oxygen atoms in total. The Morgan fingerprint density at radius 1 is 1.09 bits per heavy atom. The SMILES string of the molecule is COc1ccc(C(=O)NC2=N/C(=C(/C#N)C(=O)N3C[C@H](C)O[C@@H](C)C3)c3ccccc32)cc1. The van der Waals surface area contributed by atoms with Crippen LogP contribution in [0, 0.1) is 11.3 Å². The quantitative estimate of drug-likeness (QED) is 0.579. The minimum atomic E-state index is -0.393. The number of carbonyl (C=O) groups is 2. The van der Waals surface area contributed by atoms with Crippen molar-refractivity contribution in [2.75, 3.05) is 20.2 Å². The van der Waals surface area contributed by atoms with Crippen LogP contribution >= 0.6 is 0 Å². The summed E-state index contributed by atoms with van der Waals surface area (Å²) < 4.78 is 10.8. The van der Waals surface area contributed by atoms with E-state index in [2.05, 4.69) is 10.3 Å². The Labute approximate surface area is 192 Å². The van der Waals surface area contributed by atoms with Crippen molar-refractivity contribution in [3.8, 4) is 11.8 Å². The first-order valence-electron chi connectivity index (χ1n) is 10.6. The zero-order valence-electron chi connectivity index (χ0n) is 18.7. The normalized spacial score (nSPS) is 20.9. The predicted octanol–water partition coefficient (Wildman–Crippen LogP) is 2.76. The van der Waals surface area contributed by atoms with Gasteiger partial charge >= 0.3 is 0 Å². The van der Waals surface area contributed by atoms with Crippen LogP contribution in [0.15, 0.2) is 59.1 Å². The van der Waals surface area contributed by atoms with E-state index in [0.717, 1.165) is 0 Å². The number of ether oxygens (including phenoxy) is 2. The number of hydrogen-bond acceptors (Lipinski definition) is 6. The van der Waals surface area contributed by atoms with Crippen LogP contribution in [0.3, 0.4) is 0 Å². The maximum Gasteiger partial charge on any atom is 0.266 e. The lowest BCUT2D eigenvalue weighted by atomic mass is 10.0. The summed E-state index contributed by atoms with van der Waals surface area (Å²) in [4.78, 5) is 32.2. The van der Waals surface area contributed by atoms with E-state index in [1.54, 1.807) is 54.5 Å². The monoisotopic (exact) mass is 444 g/mol. The van der Waals surface area contributed by atoms with Crippen molar-refractivity contribution in [3.63, 3.8) is 0 Å². The van der Waals surface area contributed by atoms with Gasteiger partial charge < -0.3 is 19.7 Å². The van der Waals surface area contributed by atoms with Gasteiger partial charge in [-0.05, 0) is 38.1 Å². The smallest absolute Gasteiger partial charge is 0.266 e. The molecule has 1 N–H and O–H groups in total. The number of hydrogen-bond donors (Lipinski definition) is 1. The number of nitriles is 1. The summed E-state index contributed by atoms with van der Waals surface area (Å²) in [6.45, 7) is 4.58. The van der Waals surface area contributed by atoms with Crippen LogP contribution in [-0.2, 0) is 9.53 Å². The van der Waals surface area contributed by atoms with Crippen molar-refractivity contribution in [2.24, 2.45) is 4.99 Å². The number of fused-ring (bicyclic) bond motifs is 1. The number of nitrogens with zero attached hydrogens (tertiary/aromatic N) is 3. The molecule has 0 spiro atoms. The Morgan fingerprint density at radius 2 is 1.73 bits per heavy atom. The van der Waals surface area contributed by atoms with E-state index in [0.29, 0.717) is 41.4 Å². The number of benzene rings is 2. The van der Waals surface area contributed by atoms with Gasteiger partial charge in [0.1, 0.15) is 23.2 Å². The Morgan fingerprint density at radius 3 is 2.33 bits per heavy atom. The lowest BCUT2D eigenvalue weighted by molar-refractivity contribution is -0.138. The Hall–Kier alpha value is -3.96. The van der Waals surface area contributed by atoms with Crippen molar-refractivity contribution in [1.82, 2.24) is 10.2 Å². The molecule has 2 aliphatic heterocycles. The molecule has 2 atom stereocenters. The first-order valence-corrected chi connectivity index (χ1v) is 10.6. The van der Waals surface area contributed by atoms with Gasteiger partial charge in [-0.3, -0.25) is 9.59 Å². The third-order valence-electron chi connectivity index (χ3n) is 5.51. The van der Waals surface area contributed by atoms with Gasteiger partial charge in [-0.15, -0.1) is 0 Å². The van der Waals surface area contributed by atoms with Crippen molar-refractivity contribution in [2.45, 2.75) is 26.1 Å². The van der Waals surface area contributed by atoms with Gasteiger partial charge in [0.25, 0.3) is 11.8 Å². The summed E-state index contributed by atoms with van der Waals surface area (Å²) >= 11 is 0. The van der Waals surface area contributed by atoms with Gasteiger partial charge in [-0.25, -0.2) is 4.99 Å². The molecule has 0 aliphatic carbocycles. The zero-order chi connectivity index (χ0) is 23.5. The molecule has 1 saturated heterocycles. The highest BCUT2D eigenvalue weighted by atomic mass is 16.5. The molecule has 2 heterocycles. The lowest BCUT2D eigenvalue weighted by Crippen LogP contribution is -2.48. The largest absolute Gasteiger partial charge is 0.497 e.